The number of carbonyl (C=O) groups is 1. The molecule has 0 bridgehead atoms. The van der Waals surface area contributed by atoms with Gasteiger partial charge in [-0.2, -0.15) is 5.26 Å². The summed E-state index contributed by atoms with van der Waals surface area (Å²) in [5.74, 6) is 0.242. The Morgan fingerprint density at radius 2 is 2.12 bits per heavy atom. The maximum Gasteiger partial charge on any atom is 0.220 e. The van der Waals surface area contributed by atoms with Gasteiger partial charge in [-0.15, -0.1) is 0 Å². The predicted octanol–water partition coefficient (Wildman–Crippen LogP) is 1.87. The van der Waals surface area contributed by atoms with E-state index in [1.54, 1.807) is 23.3 Å². The zero-order chi connectivity index (χ0) is 17.2. The van der Waals surface area contributed by atoms with Gasteiger partial charge in [0, 0.05) is 11.9 Å². The minimum atomic E-state index is -0.871. The summed E-state index contributed by atoms with van der Waals surface area (Å²) in [5, 5.41) is 11.1. The highest BCUT2D eigenvalue weighted by Gasteiger charge is 2.39. The van der Waals surface area contributed by atoms with Crippen molar-refractivity contribution in [2.24, 2.45) is 5.73 Å². The second-order valence-electron chi connectivity index (χ2n) is 5.71. The summed E-state index contributed by atoms with van der Waals surface area (Å²) < 4.78 is 0. The molecule has 2 heterocycles. The van der Waals surface area contributed by atoms with Crippen LogP contribution in [0.5, 0.6) is 0 Å². The minimum Gasteiger partial charge on any atom is -0.370 e. The molecule has 1 aromatic carbocycles. The van der Waals surface area contributed by atoms with E-state index in [-0.39, 0.29) is 6.42 Å². The fraction of sp³-hybridized carbons (Fsp3) is 0.167. The normalized spacial score (nSPS) is 19.2. The van der Waals surface area contributed by atoms with E-state index in [4.69, 9.17) is 5.73 Å². The molecule has 6 heteroatoms. The number of carbonyl (C=O) groups excluding carboxylic acids is 1. The molecule has 0 radical (unpaired) electrons. The lowest BCUT2D eigenvalue weighted by Crippen LogP contribution is -2.47. The number of nitrogens with zero attached hydrogens (tertiary/aromatic N) is 3. The molecule has 0 spiro atoms. The molecule has 1 aromatic heterocycles. The van der Waals surface area contributed by atoms with Gasteiger partial charge in [-0.3, -0.25) is 9.80 Å². The van der Waals surface area contributed by atoms with Crippen molar-refractivity contribution in [3.05, 3.63) is 71.6 Å². The number of nitriles is 1. The molecule has 1 aliphatic heterocycles. The average molecular weight is 319 g/mol. The quantitative estimate of drug-likeness (QED) is 0.897. The lowest BCUT2D eigenvalue weighted by molar-refractivity contribution is -0.119. The van der Waals surface area contributed by atoms with Gasteiger partial charge in [0.25, 0.3) is 0 Å². The summed E-state index contributed by atoms with van der Waals surface area (Å²) in [6.45, 7) is 1.91. The van der Waals surface area contributed by atoms with Crippen LogP contribution in [0.4, 0.5) is 5.82 Å². The SMILES string of the molecule is Cc1cccc(N2C=CC(CC(N)=O)(c3ccccc3C#N)N2)n1. The van der Waals surface area contributed by atoms with Crippen molar-refractivity contribution in [3.63, 3.8) is 0 Å². The van der Waals surface area contributed by atoms with Crippen molar-refractivity contribution in [2.75, 3.05) is 5.01 Å². The zero-order valence-electron chi connectivity index (χ0n) is 13.2. The van der Waals surface area contributed by atoms with E-state index in [1.165, 1.54) is 0 Å². The van der Waals surface area contributed by atoms with Crippen LogP contribution in [-0.4, -0.2) is 10.9 Å². The summed E-state index contributed by atoms with van der Waals surface area (Å²) in [6, 6.07) is 15.0. The Bertz CT molecular complexity index is 854. The maximum atomic E-state index is 11.7. The molecule has 120 valence electrons. The van der Waals surface area contributed by atoms with Gasteiger partial charge >= 0.3 is 0 Å². The van der Waals surface area contributed by atoms with E-state index in [2.05, 4.69) is 16.5 Å². The number of hydrogen-bond acceptors (Lipinski definition) is 5. The molecule has 0 aliphatic carbocycles. The van der Waals surface area contributed by atoms with E-state index in [0.717, 1.165) is 5.69 Å². The summed E-state index contributed by atoms with van der Waals surface area (Å²) in [4.78, 5) is 16.1. The lowest BCUT2D eigenvalue weighted by Gasteiger charge is -2.31. The first-order valence-electron chi connectivity index (χ1n) is 7.52. The number of hydrogen-bond donors (Lipinski definition) is 2. The molecule has 24 heavy (non-hydrogen) atoms. The molecule has 0 saturated carbocycles. The largest absolute Gasteiger partial charge is 0.370 e. The van der Waals surface area contributed by atoms with Crippen molar-refractivity contribution < 1.29 is 4.79 Å². The number of aryl methyl sites for hydroxylation is 1. The number of hydrazine groups is 1. The topological polar surface area (TPSA) is 95.0 Å². The van der Waals surface area contributed by atoms with E-state index in [1.807, 2.05) is 43.3 Å². The minimum absolute atomic E-state index is 0.0323. The van der Waals surface area contributed by atoms with Crippen LogP contribution in [0.25, 0.3) is 0 Å². The van der Waals surface area contributed by atoms with Crippen LogP contribution in [0, 0.1) is 18.3 Å². The Labute approximate surface area is 140 Å². The number of nitrogens with two attached hydrogens (primary N) is 1. The van der Waals surface area contributed by atoms with E-state index >= 15 is 0 Å². The van der Waals surface area contributed by atoms with Gasteiger partial charge in [0.05, 0.1) is 23.6 Å². The summed E-state index contributed by atoms with van der Waals surface area (Å²) in [5.41, 5.74) is 9.95. The van der Waals surface area contributed by atoms with Crippen LogP contribution in [0.3, 0.4) is 0 Å². The van der Waals surface area contributed by atoms with E-state index in [9.17, 15) is 10.1 Å². The van der Waals surface area contributed by atoms with E-state index < -0.39 is 11.4 Å². The number of aromatic nitrogens is 1. The van der Waals surface area contributed by atoms with Gasteiger partial charge in [0.2, 0.25) is 5.91 Å². The number of nitrogens with one attached hydrogen (secondary N) is 1. The van der Waals surface area contributed by atoms with Gasteiger partial charge in [-0.05, 0) is 36.8 Å². The summed E-state index contributed by atoms with van der Waals surface area (Å²) in [7, 11) is 0. The van der Waals surface area contributed by atoms with Crippen molar-refractivity contribution in [3.8, 4) is 6.07 Å². The molecule has 3 rings (SSSR count). The molecule has 6 nitrogen and oxygen atoms in total. The van der Waals surface area contributed by atoms with E-state index in [0.29, 0.717) is 16.9 Å². The van der Waals surface area contributed by atoms with Crippen molar-refractivity contribution >= 4 is 11.7 Å². The molecule has 1 atom stereocenters. The second kappa shape index (κ2) is 6.14. The van der Waals surface area contributed by atoms with Crippen LogP contribution < -0.4 is 16.2 Å². The predicted molar refractivity (Wildman–Crippen MR) is 90.4 cm³/mol. The molecule has 3 N–H and O–H groups in total. The molecular weight excluding hydrogens is 302 g/mol. The first-order valence-corrected chi connectivity index (χ1v) is 7.52. The highest BCUT2D eigenvalue weighted by Crippen LogP contribution is 2.34. The zero-order valence-corrected chi connectivity index (χ0v) is 13.2. The number of pyridine rings is 1. The summed E-state index contributed by atoms with van der Waals surface area (Å²) >= 11 is 0. The smallest absolute Gasteiger partial charge is 0.220 e. The molecule has 0 fully saturated rings. The Hall–Kier alpha value is -3.17. The highest BCUT2D eigenvalue weighted by molar-refractivity contribution is 5.77. The standard InChI is InChI=1S/C18H17N5O/c1-13-5-4-8-17(21-13)23-10-9-18(22-23,11-16(20)24)15-7-3-2-6-14(15)12-19/h2-10,22H,11H2,1H3,(H2,20,24). The first-order chi connectivity index (χ1) is 11.5. The number of amides is 1. The van der Waals surface area contributed by atoms with Crippen LogP contribution in [0.2, 0.25) is 0 Å². The molecule has 0 saturated heterocycles. The van der Waals surface area contributed by atoms with Gasteiger partial charge in [-0.1, -0.05) is 24.3 Å². The maximum absolute atomic E-state index is 11.7. The van der Waals surface area contributed by atoms with Crippen LogP contribution >= 0.6 is 0 Å². The lowest BCUT2D eigenvalue weighted by atomic mass is 9.84. The van der Waals surface area contributed by atoms with Crippen molar-refractivity contribution in [2.45, 2.75) is 18.9 Å². The Morgan fingerprint density at radius 3 is 2.83 bits per heavy atom. The Balaban J connectivity index is 2.02. The number of primary amides is 1. The average Bonchev–Trinajstić information content (AvgIpc) is 2.99. The molecule has 2 aromatic rings. The number of rotatable bonds is 4. The molecule has 1 unspecified atom stereocenters. The third kappa shape index (κ3) is 2.85. The highest BCUT2D eigenvalue weighted by atomic mass is 16.1. The Kier molecular flexibility index (Phi) is 4.02. The molecular formula is C18H17N5O. The first kappa shape index (κ1) is 15.7. The fourth-order valence-corrected chi connectivity index (χ4v) is 2.88. The fourth-order valence-electron chi connectivity index (χ4n) is 2.88. The van der Waals surface area contributed by atoms with Gasteiger partial charge in [0.1, 0.15) is 5.82 Å². The monoisotopic (exact) mass is 319 g/mol. The third-order valence-electron chi connectivity index (χ3n) is 3.93. The summed E-state index contributed by atoms with van der Waals surface area (Å²) in [6.07, 6.45) is 3.68. The second-order valence-corrected chi connectivity index (χ2v) is 5.71. The number of benzene rings is 1. The Morgan fingerprint density at radius 1 is 1.33 bits per heavy atom. The van der Waals surface area contributed by atoms with Crippen LogP contribution in [-0.2, 0) is 10.3 Å². The molecule has 1 amide bonds. The van der Waals surface area contributed by atoms with Crippen molar-refractivity contribution in [1.29, 1.82) is 5.26 Å². The number of anilines is 1. The van der Waals surface area contributed by atoms with Gasteiger partial charge in [0.15, 0.2) is 0 Å². The van der Waals surface area contributed by atoms with Gasteiger partial charge < -0.3 is 5.73 Å². The van der Waals surface area contributed by atoms with Crippen molar-refractivity contribution in [1.82, 2.24) is 10.4 Å². The van der Waals surface area contributed by atoms with Gasteiger partial charge in [-0.25, -0.2) is 10.4 Å². The third-order valence-corrected chi connectivity index (χ3v) is 3.93. The van der Waals surface area contributed by atoms with Crippen LogP contribution in [0.1, 0.15) is 23.2 Å². The molecule has 1 aliphatic rings. The van der Waals surface area contributed by atoms with Crippen LogP contribution in [0.15, 0.2) is 54.7 Å².